The molecule has 4 nitrogen and oxygen atoms in total. The summed E-state index contributed by atoms with van der Waals surface area (Å²) in [5.41, 5.74) is 1.30. The van der Waals surface area contributed by atoms with Gasteiger partial charge in [-0.2, -0.15) is 0 Å². The predicted octanol–water partition coefficient (Wildman–Crippen LogP) is 2.86. The number of aryl methyl sites for hydroxylation is 1. The molecular weight excluding hydrogens is 294 g/mol. The van der Waals surface area contributed by atoms with Crippen molar-refractivity contribution < 1.29 is 4.79 Å². The van der Waals surface area contributed by atoms with Crippen molar-refractivity contribution in [2.45, 2.75) is 31.7 Å². The Hall–Kier alpha value is -1.88. The molecule has 0 saturated carbocycles. The molecule has 0 aliphatic carbocycles. The highest BCUT2D eigenvalue weighted by atomic mass is 32.1. The lowest BCUT2D eigenvalue weighted by molar-refractivity contribution is -0.121. The van der Waals surface area contributed by atoms with Crippen LogP contribution in [-0.4, -0.2) is 30.0 Å². The molecule has 1 aromatic carbocycles. The van der Waals surface area contributed by atoms with Crippen LogP contribution in [0.2, 0.25) is 0 Å². The summed E-state index contributed by atoms with van der Waals surface area (Å²) >= 11 is 1.65. The van der Waals surface area contributed by atoms with Crippen LogP contribution in [0.3, 0.4) is 0 Å². The Balaban J connectivity index is 1.37. The van der Waals surface area contributed by atoms with Crippen LogP contribution < -0.4 is 10.2 Å². The van der Waals surface area contributed by atoms with Gasteiger partial charge in [-0.25, -0.2) is 4.98 Å². The maximum Gasteiger partial charge on any atom is 0.220 e. The van der Waals surface area contributed by atoms with Gasteiger partial charge in [-0.15, -0.1) is 11.3 Å². The van der Waals surface area contributed by atoms with Crippen LogP contribution >= 0.6 is 11.3 Å². The number of amides is 1. The smallest absolute Gasteiger partial charge is 0.220 e. The monoisotopic (exact) mass is 315 g/mol. The summed E-state index contributed by atoms with van der Waals surface area (Å²) < 4.78 is 0. The maximum absolute atomic E-state index is 12.0. The number of anilines is 1. The van der Waals surface area contributed by atoms with Gasteiger partial charge >= 0.3 is 0 Å². The first-order valence-corrected chi connectivity index (χ1v) is 8.67. The fraction of sp³-hybridized carbons (Fsp3) is 0.412. The second-order valence-corrected chi connectivity index (χ2v) is 6.53. The minimum atomic E-state index is 0.168. The molecule has 1 aliphatic rings. The van der Waals surface area contributed by atoms with E-state index >= 15 is 0 Å². The third kappa shape index (κ3) is 4.07. The Morgan fingerprint density at radius 2 is 2.23 bits per heavy atom. The highest BCUT2D eigenvalue weighted by molar-refractivity contribution is 7.13. The van der Waals surface area contributed by atoms with Crippen molar-refractivity contribution in [3.8, 4) is 0 Å². The Morgan fingerprint density at radius 3 is 3.00 bits per heavy atom. The van der Waals surface area contributed by atoms with E-state index in [1.54, 1.807) is 11.3 Å². The summed E-state index contributed by atoms with van der Waals surface area (Å²) in [7, 11) is 0. The molecule has 1 atom stereocenters. The number of nitrogens with one attached hydrogen (secondary N) is 1. The van der Waals surface area contributed by atoms with E-state index in [0.29, 0.717) is 6.42 Å². The molecular formula is C17H21N3OS. The Morgan fingerprint density at radius 1 is 1.36 bits per heavy atom. The fourth-order valence-electron chi connectivity index (χ4n) is 2.82. The second-order valence-electron chi connectivity index (χ2n) is 5.65. The zero-order valence-corrected chi connectivity index (χ0v) is 13.4. The van der Waals surface area contributed by atoms with Crippen LogP contribution in [-0.2, 0) is 11.2 Å². The quantitative estimate of drug-likeness (QED) is 0.891. The average molecular weight is 315 g/mol. The highest BCUT2D eigenvalue weighted by Gasteiger charge is 2.24. The lowest BCUT2D eigenvalue weighted by atomic mass is 10.1. The molecule has 22 heavy (non-hydrogen) atoms. The normalized spacial score (nSPS) is 17.6. The van der Waals surface area contributed by atoms with Gasteiger partial charge in [0.15, 0.2) is 5.13 Å². The van der Waals surface area contributed by atoms with E-state index in [1.165, 1.54) is 5.56 Å². The molecule has 2 heterocycles. The van der Waals surface area contributed by atoms with Crippen molar-refractivity contribution in [1.29, 1.82) is 0 Å². The number of carbonyl (C=O) groups excluding carboxylic acids is 1. The lowest BCUT2D eigenvalue weighted by Crippen LogP contribution is -2.37. The molecule has 1 aromatic heterocycles. The van der Waals surface area contributed by atoms with Crippen molar-refractivity contribution in [2.75, 3.05) is 18.0 Å². The van der Waals surface area contributed by atoms with Gasteiger partial charge in [0.1, 0.15) is 0 Å². The molecule has 1 fully saturated rings. The molecule has 0 radical (unpaired) electrons. The molecule has 5 heteroatoms. The number of benzene rings is 1. The van der Waals surface area contributed by atoms with Crippen molar-refractivity contribution >= 4 is 22.4 Å². The largest absolute Gasteiger partial charge is 0.352 e. The van der Waals surface area contributed by atoms with Crippen molar-refractivity contribution in [1.82, 2.24) is 10.3 Å². The van der Waals surface area contributed by atoms with Gasteiger partial charge in [0.25, 0.3) is 0 Å². The maximum atomic E-state index is 12.0. The molecule has 1 N–H and O–H groups in total. The van der Waals surface area contributed by atoms with Crippen LogP contribution in [0.5, 0.6) is 0 Å². The van der Waals surface area contributed by atoms with Gasteiger partial charge < -0.3 is 10.2 Å². The third-order valence-corrected chi connectivity index (χ3v) is 4.79. The highest BCUT2D eigenvalue weighted by Crippen LogP contribution is 2.22. The fourth-order valence-corrected chi connectivity index (χ4v) is 3.50. The van der Waals surface area contributed by atoms with Gasteiger partial charge in [0.05, 0.1) is 0 Å². The van der Waals surface area contributed by atoms with E-state index in [0.717, 1.165) is 37.5 Å². The van der Waals surface area contributed by atoms with Gasteiger partial charge in [-0.05, 0) is 24.8 Å². The Kier molecular flexibility index (Phi) is 5.06. The van der Waals surface area contributed by atoms with E-state index in [9.17, 15) is 4.79 Å². The molecule has 1 aliphatic heterocycles. The first-order chi connectivity index (χ1) is 10.8. The van der Waals surface area contributed by atoms with Gasteiger partial charge in [-0.3, -0.25) is 4.79 Å². The van der Waals surface area contributed by atoms with Gasteiger partial charge in [0, 0.05) is 37.1 Å². The Bertz CT molecular complexity index is 585. The minimum Gasteiger partial charge on any atom is -0.352 e. The van der Waals surface area contributed by atoms with Crippen molar-refractivity contribution in [3.63, 3.8) is 0 Å². The zero-order chi connectivity index (χ0) is 15.2. The van der Waals surface area contributed by atoms with E-state index < -0.39 is 0 Å². The van der Waals surface area contributed by atoms with Crippen molar-refractivity contribution in [3.05, 3.63) is 47.5 Å². The van der Waals surface area contributed by atoms with Crippen molar-refractivity contribution in [2.24, 2.45) is 0 Å². The first-order valence-electron chi connectivity index (χ1n) is 7.79. The molecule has 3 rings (SSSR count). The molecule has 1 unspecified atom stereocenters. The van der Waals surface area contributed by atoms with Crippen LogP contribution in [0.4, 0.5) is 5.13 Å². The summed E-state index contributed by atoms with van der Waals surface area (Å²) in [5.74, 6) is 0.168. The van der Waals surface area contributed by atoms with Crippen LogP contribution in [0, 0.1) is 0 Å². The van der Waals surface area contributed by atoms with E-state index in [1.807, 2.05) is 29.8 Å². The molecule has 1 amide bonds. The van der Waals surface area contributed by atoms with Crippen LogP contribution in [0.25, 0.3) is 0 Å². The summed E-state index contributed by atoms with van der Waals surface area (Å²) in [4.78, 5) is 18.6. The summed E-state index contributed by atoms with van der Waals surface area (Å²) in [6.45, 7) is 1.85. The predicted molar refractivity (Wildman–Crippen MR) is 90.3 cm³/mol. The zero-order valence-electron chi connectivity index (χ0n) is 12.6. The minimum absolute atomic E-state index is 0.168. The summed E-state index contributed by atoms with van der Waals surface area (Å²) in [6.07, 6.45) is 5.30. The van der Waals surface area contributed by atoms with E-state index in [-0.39, 0.29) is 11.9 Å². The number of hydrogen-bond donors (Lipinski definition) is 1. The van der Waals surface area contributed by atoms with E-state index in [2.05, 4.69) is 27.3 Å². The molecule has 116 valence electrons. The number of aromatic nitrogens is 1. The summed E-state index contributed by atoms with van der Waals surface area (Å²) in [6, 6.07) is 10.6. The molecule has 0 spiro atoms. The topological polar surface area (TPSA) is 45.2 Å². The van der Waals surface area contributed by atoms with E-state index in [4.69, 9.17) is 0 Å². The van der Waals surface area contributed by atoms with Gasteiger partial charge in [-0.1, -0.05) is 30.3 Å². The van der Waals surface area contributed by atoms with Gasteiger partial charge in [0.2, 0.25) is 5.91 Å². The first kappa shape index (κ1) is 15.0. The molecule has 0 bridgehead atoms. The number of thiazole rings is 1. The third-order valence-electron chi connectivity index (χ3n) is 3.96. The van der Waals surface area contributed by atoms with Crippen LogP contribution in [0.1, 0.15) is 24.8 Å². The average Bonchev–Trinajstić information content (AvgIpc) is 3.19. The summed E-state index contributed by atoms with van der Waals surface area (Å²) in [5, 5.41) is 6.20. The second kappa shape index (κ2) is 7.40. The molecule has 1 saturated heterocycles. The Labute approximate surface area is 135 Å². The number of rotatable bonds is 6. The number of carbonyl (C=O) groups is 1. The number of hydrogen-bond acceptors (Lipinski definition) is 4. The lowest BCUT2D eigenvalue weighted by Gasteiger charge is -2.15. The standard InChI is InChI=1S/C17H21N3OS/c21-16(8-4-7-14-5-2-1-3-6-14)19-15-9-11-20(13-15)17-18-10-12-22-17/h1-3,5-6,10,12,15H,4,7-9,11,13H2,(H,19,21). The number of nitrogens with zero attached hydrogens (tertiary/aromatic N) is 2. The molecule has 2 aromatic rings. The SMILES string of the molecule is O=C(CCCc1ccccc1)NC1CCN(c2nccs2)C1. The van der Waals surface area contributed by atoms with Crippen LogP contribution in [0.15, 0.2) is 41.9 Å².